The molecule has 0 saturated carbocycles. The summed E-state index contributed by atoms with van der Waals surface area (Å²) in [6, 6.07) is 0. The summed E-state index contributed by atoms with van der Waals surface area (Å²) in [5.41, 5.74) is 0. The van der Waals surface area contributed by atoms with Crippen molar-refractivity contribution in [3.63, 3.8) is 0 Å². The molecule has 0 heterocycles. The van der Waals surface area contributed by atoms with E-state index in [2.05, 4.69) is 24.9 Å². The molecule has 0 radical (unpaired) electrons. The Kier molecular flexibility index (Phi) is 3.90. The second kappa shape index (κ2) is 4.34. The molecule has 0 spiro atoms. The molecule has 0 aromatic heterocycles. The molecule has 0 aliphatic carbocycles. The zero-order chi connectivity index (χ0) is 6.41. The average molecular weight is 176 g/mol. The lowest BCUT2D eigenvalue weighted by Gasteiger charge is -1.80. The maximum atomic E-state index is 10.1. The van der Waals surface area contributed by atoms with E-state index in [1.54, 1.807) is 0 Å². The summed E-state index contributed by atoms with van der Waals surface area (Å²) < 4.78 is 4.00. The van der Waals surface area contributed by atoms with Gasteiger partial charge in [0.15, 0.2) is 22.5 Å². The Morgan fingerprint density at radius 3 is 2.88 bits per heavy atom. The third kappa shape index (κ3) is 3.37. The van der Waals surface area contributed by atoms with Crippen LogP contribution in [0.2, 0.25) is 0 Å². The monoisotopic (exact) mass is 175 g/mol. The second-order valence-electron chi connectivity index (χ2n) is 0.841. The first-order valence-corrected chi connectivity index (χ1v) is 2.31. The van der Waals surface area contributed by atoms with E-state index < -0.39 is 5.97 Å². The van der Waals surface area contributed by atoms with E-state index in [-0.39, 0.29) is 0 Å². The van der Waals surface area contributed by atoms with Gasteiger partial charge in [0.05, 0.1) is 6.57 Å². The third-order valence-electron chi connectivity index (χ3n) is 0.361. The Balaban J connectivity index is 3.57. The zero-order valence-electron chi connectivity index (χ0n) is 3.80. The van der Waals surface area contributed by atoms with Gasteiger partial charge in [0.25, 0.3) is 0 Å². The lowest BCUT2D eigenvalue weighted by molar-refractivity contribution is -0.127. The molecule has 42 valence electrons. The van der Waals surface area contributed by atoms with Crippen molar-refractivity contribution in [2.45, 2.75) is 0 Å². The molecule has 0 atom stereocenters. The average Bonchev–Trinajstić information content (AvgIpc) is 1.83. The molecular weight excluding hydrogens is 174 g/mol. The first-order chi connectivity index (χ1) is 3.81. The molecule has 0 N–H and O–H groups in total. The largest absolute Gasteiger partial charge is 0.381 e. The van der Waals surface area contributed by atoms with Crippen molar-refractivity contribution >= 4 is 22.2 Å². The highest BCUT2D eigenvalue weighted by molar-refractivity contribution is 9.06. The first-order valence-electron chi connectivity index (χ1n) is 1.67. The highest BCUT2D eigenvalue weighted by Gasteiger charge is 1.87. The lowest BCUT2D eigenvalue weighted by Crippen LogP contribution is -1.86. The van der Waals surface area contributed by atoms with E-state index in [1.165, 1.54) is 0 Å². The van der Waals surface area contributed by atoms with Crippen LogP contribution in [0.3, 0.4) is 0 Å². The van der Waals surface area contributed by atoms with Crippen LogP contribution in [0.25, 0.3) is 4.85 Å². The van der Waals surface area contributed by atoms with E-state index in [9.17, 15) is 4.79 Å². The van der Waals surface area contributed by atoms with E-state index in [0.717, 1.165) is 12.3 Å². The summed E-state index contributed by atoms with van der Waals surface area (Å²) in [5, 5.41) is 0. The van der Waals surface area contributed by atoms with Crippen LogP contribution in [0.4, 0.5) is 0 Å². The minimum absolute atomic E-state index is 0.582. The Labute approximate surface area is 55.2 Å². The van der Waals surface area contributed by atoms with Crippen molar-refractivity contribution in [2.24, 2.45) is 0 Å². The fourth-order valence-corrected chi connectivity index (χ4v) is 0.232. The number of halogens is 1. The molecule has 0 bridgehead atoms. The van der Waals surface area contributed by atoms with Crippen LogP contribution in [-0.4, -0.2) is 5.97 Å². The number of nitrogens with zero attached hydrogens (tertiary/aromatic N) is 1. The Morgan fingerprint density at radius 2 is 2.50 bits per heavy atom. The molecule has 0 aliphatic rings. The summed E-state index contributed by atoms with van der Waals surface area (Å²) in [4.78, 5) is 12.8. The zero-order valence-corrected chi connectivity index (χ0v) is 5.38. The number of carbonyl (C=O) groups excluding carboxylic acids is 1. The van der Waals surface area contributed by atoms with E-state index in [4.69, 9.17) is 6.57 Å². The topological polar surface area (TPSA) is 30.7 Å². The van der Waals surface area contributed by atoms with Gasteiger partial charge in [-0.3, -0.25) is 0 Å². The molecule has 4 heteroatoms. The normalized spacial score (nSPS) is 8.50. The van der Waals surface area contributed by atoms with Gasteiger partial charge in [-0.2, -0.15) is 0 Å². The Hall–Kier alpha value is -0.820. The second-order valence-corrected chi connectivity index (χ2v) is 1.16. The van der Waals surface area contributed by atoms with Crippen LogP contribution < -0.4 is 0 Å². The highest BCUT2D eigenvalue weighted by Crippen LogP contribution is 1.87. The predicted molar refractivity (Wildman–Crippen MR) is 30.8 cm³/mol. The summed E-state index contributed by atoms with van der Waals surface area (Å²) in [6.07, 6.45) is 2.03. The first kappa shape index (κ1) is 7.18. The number of carbonyl (C=O) groups is 1. The highest BCUT2D eigenvalue weighted by atomic mass is 79.9. The molecule has 0 unspecified atom stereocenters. The van der Waals surface area contributed by atoms with Crippen molar-refractivity contribution in [3.05, 3.63) is 23.7 Å². The molecule has 0 saturated heterocycles. The molecule has 0 rings (SSSR count). The van der Waals surface area contributed by atoms with Crippen LogP contribution in [-0.2, 0) is 8.62 Å². The fraction of sp³-hybridized carbons (Fsp3) is 0. The van der Waals surface area contributed by atoms with Gasteiger partial charge in [-0.25, -0.2) is 9.64 Å². The number of hydrogen-bond donors (Lipinski definition) is 0. The molecule has 0 fully saturated rings. The summed E-state index contributed by atoms with van der Waals surface area (Å²) >= 11 is 2.44. The molecule has 0 aliphatic heterocycles. The molecule has 0 amide bonds. The van der Waals surface area contributed by atoms with Crippen LogP contribution in [0.15, 0.2) is 12.3 Å². The van der Waals surface area contributed by atoms with Gasteiger partial charge in [0.1, 0.15) is 0 Å². The van der Waals surface area contributed by atoms with Crippen LogP contribution in [0.1, 0.15) is 0 Å². The maximum Gasteiger partial charge on any atom is 0.331 e. The van der Waals surface area contributed by atoms with Crippen molar-refractivity contribution in [2.75, 3.05) is 0 Å². The lowest BCUT2D eigenvalue weighted by atomic mass is 10.6. The molecule has 3 nitrogen and oxygen atoms in total. The molecule has 8 heavy (non-hydrogen) atoms. The van der Waals surface area contributed by atoms with Crippen LogP contribution in [0, 0.1) is 6.57 Å². The number of rotatable bonds is 1. The predicted octanol–water partition coefficient (Wildman–Crippen LogP) is 1.27. The summed E-state index contributed by atoms with van der Waals surface area (Å²) in [6.45, 7) is 6.19. The minimum Gasteiger partial charge on any atom is -0.381 e. The van der Waals surface area contributed by atoms with Gasteiger partial charge in [0.2, 0.25) is 0 Å². The van der Waals surface area contributed by atoms with Crippen LogP contribution >= 0.6 is 16.3 Å². The van der Waals surface area contributed by atoms with Gasteiger partial charge in [-0.1, -0.05) is 0 Å². The number of hydrogen-bond acceptors (Lipinski definition) is 2. The summed E-state index contributed by atoms with van der Waals surface area (Å²) in [5.74, 6) is -0.582. The quantitative estimate of drug-likeness (QED) is 0.444. The standard InChI is InChI=1S/C4H2BrNO2/c1-6-3-2-4(7)8-5/h2-3H. The van der Waals surface area contributed by atoms with Gasteiger partial charge >= 0.3 is 5.97 Å². The Morgan fingerprint density at radius 1 is 1.88 bits per heavy atom. The van der Waals surface area contributed by atoms with Crippen LogP contribution in [0.5, 0.6) is 0 Å². The van der Waals surface area contributed by atoms with E-state index >= 15 is 0 Å². The van der Waals surface area contributed by atoms with Crippen molar-refractivity contribution in [1.29, 1.82) is 0 Å². The molecule has 0 aromatic rings. The molecule has 0 aromatic carbocycles. The van der Waals surface area contributed by atoms with Gasteiger partial charge in [-0.05, 0) is 0 Å². The van der Waals surface area contributed by atoms with E-state index in [0.29, 0.717) is 0 Å². The minimum atomic E-state index is -0.582. The summed E-state index contributed by atoms with van der Waals surface area (Å²) in [7, 11) is 0. The van der Waals surface area contributed by atoms with Crippen molar-refractivity contribution in [3.8, 4) is 0 Å². The van der Waals surface area contributed by atoms with Gasteiger partial charge < -0.3 is 3.83 Å². The van der Waals surface area contributed by atoms with E-state index in [1.807, 2.05) is 0 Å². The van der Waals surface area contributed by atoms with Crippen molar-refractivity contribution in [1.82, 2.24) is 0 Å². The molecular formula is C4H2BrNO2. The SMILES string of the molecule is [C-]#[N+]C=CC(=O)OBr. The maximum absolute atomic E-state index is 10.1. The Bertz CT molecular complexity index is 147. The van der Waals surface area contributed by atoms with Crippen molar-refractivity contribution < 1.29 is 8.62 Å². The third-order valence-corrected chi connectivity index (χ3v) is 0.680. The fourth-order valence-electron chi connectivity index (χ4n) is 0.124. The smallest absolute Gasteiger partial charge is 0.331 e. The van der Waals surface area contributed by atoms with Gasteiger partial charge in [-0.15, -0.1) is 0 Å². The van der Waals surface area contributed by atoms with Gasteiger partial charge in [0, 0.05) is 6.08 Å².